The number of rotatable bonds is 5. The lowest BCUT2D eigenvalue weighted by Gasteiger charge is -2.11. The highest BCUT2D eigenvalue weighted by atomic mass is 16.6. The van der Waals surface area contributed by atoms with E-state index in [4.69, 9.17) is 0 Å². The number of carbonyl (C=O) groups excluding carboxylic acids is 1. The van der Waals surface area contributed by atoms with Crippen LogP contribution >= 0.6 is 0 Å². The average molecular weight is 339 g/mol. The van der Waals surface area contributed by atoms with E-state index in [0.717, 1.165) is 10.9 Å². The maximum absolute atomic E-state index is 12.1. The maximum Gasteiger partial charge on any atom is 0.293 e. The number of nitrogens with one attached hydrogen (secondary N) is 3. The molecule has 1 amide bonds. The van der Waals surface area contributed by atoms with E-state index in [2.05, 4.69) is 20.8 Å². The molecule has 0 aliphatic heterocycles. The molecule has 0 bridgehead atoms. The molecule has 1 aromatic heterocycles. The van der Waals surface area contributed by atoms with Crippen molar-refractivity contribution in [2.24, 2.45) is 0 Å². The third-order valence-corrected chi connectivity index (χ3v) is 3.60. The quantitative estimate of drug-likeness (QED) is 0.487. The standard InChI is InChI=1S/C17H17N5O3/c1-10(2)19-17(23)11-3-5-15(16(8-11)22(24)25)20-13-4-6-14-12(7-13)9-18-21-14/h3-10,20H,1-2H3,(H,18,21)(H,19,23). The summed E-state index contributed by atoms with van der Waals surface area (Å²) >= 11 is 0. The molecule has 0 aliphatic carbocycles. The highest BCUT2D eigenvalue weighted by Gasteiger charge is 2.18. The molecule has 8 nitrogen and oxygen atoms in total. The molecule has 1 heterocycles. The Morgan fingerprint density at radius 1 is 1.24 bits per heavy atom. The van der Waals surface area contributed by atoms with Crippen LogP contribution in [0.2, 0.25) is 0 Å². The first kappa shape index (κ1) is 16.4. The number of nitrogens with zero attached hydrogens (tertiary/aromatic N) is 2. The molecular weight excluding hydrogens is 322 g/mol. The minimum atomic E-state index is -0.509. The van der Waals surface area contributed by atoms with Gasteiger partial charge in [-0.15, -0.1) is 0 Å². The molecule has 25 heavy (non-hydrogen) atoms. The Morgan fingerprint density at radius 2 is 2.04 bits per heavy atom. The molecule has 2 aromatic carbocycles. The summed E-state index contributed by atoms with van der Waals surface area (Å²) in [5.41, 5.74) is 1.96. The topological polar surface area (TPSA) is 113 Å². The van der Waals surface area contributed by atoms with Gasteiger partial charge >= 0.3 is 0 Å². The van der Waals surface area contributed by atoms with E-state index >= 15 is 0 Å². The maximum atomic E-state index is 12.1. The van der Waals surface area contributed by atoms with Crippen LogP contribution in [0.5, 0.6) is 0 Å². The summed E-state index contributed by atoms with van der Waals surface area (Å²) in [5, 5.41) is 24.8. The summed E-state index contributed by atoms with van der Waals surface area (Å²) in [6.45, 7) is 3.66. The fourth-order valence-electron chi connectivity index (χ4n) is 2.45. The summed E-state index contributed by atoms with van der Waals surface area (Å²) in [6.07, 6.45) is 1.67. The number of hydrogen-bond donors (Lipinski definition) is 3. The first-order valence-electron chi connectivity index (χ1n) is 7.73. The van der Waals surface area contributed by atoms with Crippen LogP contribution < -0.4 is 10.6 Å². The number of aromatic nitrogens is 2. The van der Waals surface area contributed by atoms with Crippen LogP contribution in [0.25, 0.3) is 10.9 Å². The molecule has 0 atom stereocenters. The first-order valence-corrected chi connectivity index (χ1v) is 7.73. The molecule has 0 unspecified atom stereocenters. The second-order valence-electron chi connectivity index (χ2n) is 5.91. The van der Waals surface area contributed by atoms with Gasteiger partial charge in [-0.05, 0) is 44.2 Å². The number of fused-ring (bicyclic) bond motifs is 1. The molecule has 0 saturated carbocycles. The van der Waals surface area contributed by atoms with Crippen molar-refractivity contribution in [2.75, 3.05) is 5.32 Å². The van der Waals surface area contributed by atoms with Gasteiger partial charge in [0.1, 0.15) is 5.69 Å². The van der Waals surface area contributed by atoms with Crippen molar-refractivity contribution in [3.63, 3.8) is 0 Å². The minimum Gasteiger partial charge on any atom is -0.350 e. The van der Waals surface area contributed by atoms with Gasteiger partial charge in [-0.25, -0.2) is 0 Å². The number of nitro benzene ring substituents is 1. The molecule has 3 N–H and O–H groups in total. The molecule has 0 spiro atoms. The summed E-state index contributed by atoms with van der Waals surface area (Å²) < 4.78 is 0. The Balaban J connectivity index is 1.92. The van der Waals surface area contributed by atoms with Crippen LogP contribution in [0, 0.1) is 10.1 Å². The van der Waals surface area contributed by atoms with Crippen molar-refractivity contribution in [1.82, 2.24) is 15.5 Å². The predicted octanol–water partition coefficient (Wildman–Crippen LogP) is 3.35. The second-order valence-corrected chi connectivity index (χ2v) is 5.91. The van der Waals surface area contributed by atoms with E-state index in [1.54, 1.807) is 18.3 Å². The van der Waals surface area contributed by atoms with E-state index < -0.39 is 4.92 Å². The summed E-state index contributed by atoms with van der Waals surface area (Å²) in [5.74, 6) is -0.343. The van der Waals surface area contributed by atoms with Gasteiger partial charge in [-0.2, -0.15) is 5.10 Å². The molecule has 3 aromatic rings. The molecule has 128 valence electrons. The first-order chi connectivity index (χ1) is 11.9. The fourth-order valence-corrected chi connectivity index (χ4v) is 2.45. The van der Waals surface area contributed by atoms with E-state index in [1.165, 1.54) is 12.1 Å². The number of hydrogen-bond acceptors (Lipinski definition) is 5. The van der Waals surface area contributed by atoms with Crippen molar-refractivity contribution in [1.29, 1.82) is 0 Å². The number of benzene rings is 2. The average Bonchev–Trinajstić information content (AvgIpc) is 3.02. The Hall–Kier alpha value is -3.42. The van der Waals surface area contributed by atoms with Crippen molar-refractivity contribution in [3.05, 3.63) is 58.3 Å². The van der Waals surface area contributed by atoms with Gasteiger partial charge in [-0.3, -0.25) is 20.0 Å². The van der Waals surface area contributed by atoms with Crippen LogP contribution in [-0.4, -0.2) is 27.1 Å². The Morgan fingerprint density at radius 3 is 2.76 bits per heavy atom. The third kappa shape index (κ3) is 3.57. The SMILES string of the molecule is CC(C)NC(=O)c1ccc(Nc2ccc3[nH]ncc3c2)c([N+](=O)[O-])c1. The number of anilines is 2. The van der Waals surface area contributed by atoms with Crippen LogP contribution in [0.1, 0.15) is 24.2 Å². The number of H-pyrrole nitrogens is 1. The number of aromatic amines is 1. The van der Waals surface area contributed by atoms with E-state index in [1.807, 2.05) is 26.0 Å². The summed E-state index contributed by atoms with van der Waals surface area (Å²) in [4.78, 5) is 22.9. The van der Waals surface area contributed by atoms with Crippen molar-refractivity contribution >= 4 is 33.9 Å². The van der Waals surface area contributed by atoms with Crippen molar-refractivity contribution in [3.8, 4) is 0 Å². The summed E-state index contributed by atoms with van der Waals surface area (Å²) in [7, 11) is 0. The fraction of sp³-hybridized carbons (Fsp3) is 0.176. The van der Waals surface area contributed by atoms with Crippen LogP contribution in [0.15, 0.2) is 42.6 Å². The largest absolute Gasteiger partial charge is 0.350 e. The number of carbonyl (C=O) groups is 1. The minimum absolute atomic E-state index is 0.0500. The Kier molecular flexibility index (Phi) is 4.34. The Bertz CT molecular complexity index is 948. The smallest absolute Gasteiger partial charge is 0.293 e. The lowest BCUT2D eigenvalue weighted by molar-refractivity contribution is -0.383. The lowest BCUT2D eigenvalue weighted by atomic mass is 10.1. The van der Waals surface area contributed by atoms with Gasteiger partial charge in [0.15, 0.2) is 0 Å². The highest BCUT2D eigenvalue weighted by Crippen LogP contribution is 2.29. The number of nitro groups is 1. The van der Waals surface area contributed by atoms with Gasteiger partial charge in [0.25, 0.3) is 11.6 Å². The van der Waals surface area contributed by atoms with Crippen LogP contribution in [0.4, 0.5) is 17.1 Å². The third-order valence-electron chi connectivity index (χ3n) is 3.60. The van der Waals surface area contributed by atoms with E-state index in [-0.39, 0.29) is 23.2 Å². The van der Waals surface area contributed by atoms with E-state index in [9.17, 15) is 14.9 Å². The van der Waals surface area contributed by atoms with Gasteiger partial charge in [0.2, 0.25) is 0 Å². The van der Waals surface area contributed by atoms with E-state index in [0.29, 0.717) is 11.4 Å². The van der Waals surface area contributed by atoms with Crippen molar-refractivity contribution in [2.45, 2.75) is 19.9 Å². The van der Waals surface area contributed by atoms with Crippen LogP contribution in [0.3, 0.4) is 0 Å². The van der Waals surface area contributed by atoms with Gasteiger partial charge in [0, 0.05) is 28.7 Å². The zero-order valence-electron chi connectivity index (χ0n) is 13.7. The molecule has 8 heteroatoms. The molecule has 3 rings (SSSR count). The van der Waals surface area contributed by atoms with Gasteiger partial charge in [0.05, 0.1) is 16.6 Å². The molecule has 0 fully saturated rings. The summed E-state index contributed by atoms with van der Waals surface area (Å²) in [6, 6.07) is 9.78. The zero-order valence-corrected chi connectivity index (χ0v) is 13.7. The van der Waals surface area contributed by atoms with Crippen molar-refractivity contribution < 1.29 is 9.72 Å². The lowest BCUT2D eigenvalue weighted by Crippen LogP contribution is -2.30. The van der Waals surface area contributed by atoms with Gasteiger partial charge in [-0.1, -0.05) is 0 Å². The van der Waals surface area contributed by atoms with Gasteiger partial charge < -0.3 is 10.6 Å². The number of amides is 1. The normalized spacial score (nSPS) is 10.8. The molecule has 0 radical (unpaired) electrons. The molecular formula is C17H17N5O3. The zero-order chi connectivity index (χ0) is 18.0. The molecule has 0 aliphatic rings. The second kappa shape index (κ2) is 6.60. The predicted molar refractivity (Wildman–Crippen MR) is 95.1 cm³/mol. The Labute approximate surface area is 143 Å². The molecule has 0 saturated heterocycles. The monoisotopic (exact) mass is 339 g/mol. The van der Waals surface area contributed by atoms with Crippen LogP contribution in [-0.2, 0) is 0 Å². The highest BCUT2D eigenvalue weighted by molar-refractivity contribution is 5.96.